The molecule has 0 aromatic heterocycles. The monoisotopic (exact) mass is 171 g/mol. The van der Waals surface area contributed by atoms with E-state index in [1.807, 2.05) is 6.92 Å². The molecule has 72 valence electrons. The summed E-state index contributed by atoms with van der Waals surface area (Å²) < 4.78 is 0. The van der Waals surface area contributed by atoms with Crippen LogP contribution in [0.5, 0.6) is 0 Å². The molecule has 2 nitrogen and oxygen atoms in total. The Kier molecular flexibility index (Phi) is 2.50. The van der Waals surface area contributed by atoms with Crippen molar-refractivity contribution in [2.45, 2.75) is 45.6 Å². The lowest BCUT2D eigenvalue weighted by Crippen LogP contribution is -2.42. The lowest BCUT2D eigenvalue weighted by Gasteiger charge is -2.34. The molecule has 0 amide bonds. The van der Waals surface area contributed by atoms with Crippen LogP contribution in [0.1, 0.15) is 40.0 Å². The molecule has 0 aromatic carbocycles. The Balaban J connectivity index is 2.58. The van der Waals surface area contributed by atoms with Gasteiger partial charge in [0.15, 0.2) is 0 Å². The van der Waals surface area contributed by atoms with E-state index in [9.17, 15) is 5.11 Å². The molecule has 3 N–H and O–H groups in total. The molecule has 0 radical (unpaired) electrons. The van der Waals surface area contributed by atoms with E-state index in [2.05, 4.69) is 13.8 Å². The van der Waals surface area contributed by atoms with E-state index in [0.29, 0.717) is 12.5 Å². The van der Waals surface area contributed by atoms with Crippen molar-refractivity contribution in [2.24, 2.45) is 17.1 Å². The summed E-state index contributed by atoms with van der Waals surface area (Å²) in [6, 6.07) is 0. The SMILES string of the molecule is CC(C)CC(C)(O)C1(CN)CC1. The Bertz CT molecular complexity index is 159. The summed E-state index contributed by atoms with van der Waals surface area (Å²) in [7, 11) is 0. The minimum atomic E-state index is -0.546. The van der Waals surface area contributed by atoms with Gasteiger partial charge in [-0.25, -0.2) is 0 Å². The standard InChI is InChI=1S/C10H21NO/c1-8(2)6-9(3,12)10(7-11)4-5-10/h8,12H,4-7,11H2,1-3H3. The van der Waals surface area contributed by atoms with Crippen LogP contribution in [0.25, 0.3) is 0 Å². The van der Waals surface area contributed by atoms with E-state index in [-0.39, 0.29) is 5.41 Å². The average Bonchev–Trinajstić information content (AvgIpc) is 2.62. The van der Waals surface area contributed by atoms with Gasteiger partial charge in [-0.3, -0.25) is 0 Å². The van der Waals surface area contributed by atoms with Crippen LogP contribution < -0.4 is 5.73 Å². The summed E-state index contributed by atoms with van der Waals surface area (Å²) in [4.78, 5) is 0. The van der Waals surface area contributed by atoms with E-state index < -0.39 is 5.60 Å². The van der Waals surface area contributed by atoms with Gasteiger partial charge in [-0.05, 0) is 32.1 Å². The van der Waals surface area contributed by atoms with Gasteiger partial charge in [0.1, 0.15) is 0 Å². The highest BCUT2D eigenvalue weighted by Gasteiger charge is 2.54. The Morgan fingerprint density at radius 3 is 2.25 bits per heavy atom. The van der Waals surface area contributed by atoms with E-state index >= 15 is 0 Å². The molecule has 0 bridgehead atoms. The second kappa shape index (κ2) is 3.00. The smallest absolute Gasteiger partial charge is 0.0690 e. The molecule has 1 rings (SSSR count). The number of hydrogen-bond donors (Lipinski definition) is 2. The largest absolute Gasteiger partial charge is 0.390 e. The minimum absolute atomic E-state index is 0.0528. The molecule has 1 fully saturated rings. The van der Waals surface area contributed by atoms with Crippen molar-refractivity contribution in [1.29, 1.82) is 0 Å². The highest BCUT2D eigenvalue weighted by atomic mass is 16.3. The summed E-state index contributed by atoms with van der Waals surface area (Å²) in [5, 5.41) is 10.2. The number of rotatable bonds is 4. The maximum absolute atomic E-state index is 10.2. The first-order valence-electron chi connectivity index (χ1n) is 4.86. The van der Waals surface area contributed by atoms with Crippen LogP contribution in [-0.4, -0.2) is 17.3 Å². The Morgan fingerprint density at radius 1 is 1.50 bits per heavy atom. The normalized spacial score (nSPS) is 25.5. The van der Waals surface area contributed by atoms with Gasteiger partial charge < -0.3 is 10.8 Å². The fraction of sp³-hybridized carbons (Fsp3) is 1.00. The van der Waals surface area contributed by atoms with Crippen LogP contribution in [0.15, 0.2) is 0 Å². The predicted octanol–water partition coefficient (Wildman–Crippen LogP) is 1.52. The first kappa shape index (κ1) is 10.0. The molecule has 0 saturated heterocycles. The van der Waals surface area contributed by atoms with E-state index in [0.717, 1.165) is 19.3 Å². The molecule has 0 spiro atoms. The molecule has 0 aromatic rings. The van der Waals surface area contributed by atoms with Crippen molar-refractivity contribution in [3.05, 3.63) is 0 Å². The molecule has 1 saturated carbocycles. The van der Waals surface area contributed by atoms with E-state index in [1.54, 1.807) is 0 Å². The molecule has 1 unspecified atom stereocenters. The first-order chi connectivity index (χ1) is 5.43. The Labute approximate surface area is 75.2 Å². The zero-order chi connectivity index (χ0) is 9.41. The lowest BCUT2D eigenvalue weighted by atomic mass is 9.80. The van der Waals surface area contributed by atoms with E-state index in [1.165, 1.54) is 0 Å². The van der Waals surface area contributed by atoms with Crippen molar-refractivity contribution in [3.63, 3.8) is 0 Å². The highest BCUT2D eigenvalue weighted by Crippen LogP contribution is 2.55. The summed E-state index contributed by atoms with van der Waals surface area (Å²) >= 11 is 0. The maximum Gasteiger partial charge on any atom is 0.0690 e. The molecule has 0 aliphatic heterocycles. The lowest BCUT2D eigenvalue weighted by molar-refractivity contribution is -0.0291. The number of hydrogen-bond acceptors (Lipinski definition) is 2. The number of nitrogens with two attached hydrogens (primary N) is 1. The molecule has 1 atom stereocenters. The van der Waals surface area contributed by atoms with Crippen molar-refractivity contribution >= 4 is 0 Å². The van der Waals surface area contributed by atoms with Gasteiger partial charge >= 0.3 is 0 Å². The number of aliphatic hydroxyl groups is 1. The quantitative estimate of drug-likeness (QED) is 0.673. The molecular formula is C10H21NO. The third-order valence-electron chi connectivity index (χ3n) is 3.19. The van der Waals surface area contributed by atoms with Crippen molar-refractivity contribution in [2.75, 3.05) is 6.54 Å². The van der Waals surface area contributed by atoms with Crippen LogP contribution in [-0.2, 0) is 0 Å². The third-order valence-corrected chi connectivity index (χ3v) is 3.19. The summed E-state index contributed by atoms with van der Waals surface area (Å²) in [6.45, 7) is 6.85. The first-order valence-corrected chi connectivity index (χ1v) is 4.86. The van der Waals surface area contributed by atoms with Crippen LogP contribution in [0, 0.1) is 11.3 Å². The Morgan fingerprint density at radius 2 is 2.00 bits per heavy atom. The minimum Gasteiger partial charge on any atom is -0.390 e. The van der Waals surface area contributed by atoms with Gasteiger partial charge in [-0.15, -0.1) is 0 Å². The molecule has 12 heavy (non-hydrogen) atoms. The van der Waals surface area contributed by atoms with Gasteiger partial charge in [0.2, 0.25) is 0 Å². The fourth-order valence-electron chi connectivity index (χ4n) is 2.12. The van der Waals surface area contributed by atoms with Gasteiger partial charge in [-0.2, -0.15) is 0 Å². The van der Waals surface area contributed by atoms with Crippen molar-refractivity contribution < 1.29 is 5.11 Å². The van der Waals surface area contributed by atoms with Gasteiger partial charge in [0.05, 0.1) is 5.60 Å². The van der Waals surface area contributed by atoms with Crippen LogP contribution in [0.4, 0.5) is 0 Å². The Hall–Kier alpha value is -0.0800. The summed E-state index contributed by atoms with van der Waals surface area (Å²) in [5.74, 6) is 0.545. The maximum atomic E-state index is 10.2. The molecule has 1 aliphatic rings. The summed E-state index contributed by atoms with van der Waals surface area (Å²) in [5.41, 5.74) is 5.18. The predicted molar refractivity (Wildman–Crippen MR) is 50.8 cm³/mol. The van der Waals surface area contributed by atoms with E-state index in [4.69, 9.17) is 5.73 Å². The van der Waals surface area contributed by atoms with Gasteiger partial charge in [-0.1, -0.05) is 13.8 Å². The highest BCUT2D eigenvalue weighted by molar-refractivity contribution is 5.06. The molecular weight excluding hydrogens is 150 g/mol. The molecule has 0 heterocycles. The summed E-state index contributed by atoms with van der Waals surface area (Å²) in [6.07, 6.45) is 3.07. The van der Waals surface area contributed by atoms with Crippen molar-refractivity contribution in [3.8, 4) is 0 Å². The zero-order valence-corrected chi connectivity index (χ0v) is 8.43. The van der Waals surface area contributed by atoms with Gasteiger partial charge in [0, 0.05) is 12.0 Å². The third kappa shape index (κ3) is 1.64. The second-order valence-corrected chi connectivity index (χ2v) is 4.86. The topological polar surface area (TPSA) is 46.2 Å². The average molecular weight is 171 g/mol. The molecule has 1 aliphatic carbocycles. The van der Waals surface area contributed by atoms with Gasteiger partial charge in [0.25, 0.3) is 0 Å². The fourth-order valence-corrected chi connectivity index (χ4v) is 2.12. The van der Waals surface area contributed by atoms with Crippen LogP contribution in [0.3, 0.4) is 0 Å². The second-order valence-electron chi connectivity index (χ2n) is 4.86. The van der Waals surface area contributed by atoms with Crippen LogP contribution in [0.2, 0.25) is 0 Å². The zero-order valence-electron chi connectivity index (χ0n) is 8.43. The van der Waals surface area contributed by atoms with Crippen molar-refractivity contribution in [1.82, 2.24) is 0 Å². The molecule has 2 heteroatoms. The van der Waals surface area contributed by atoms with Crippen LogP contribution >= 0.6 is 0 Å².